The average molecular weight is 612 g/mol. The number of rotatable bonds is 3. The second-order valence-corrected chi connectivity index (χ2v) is 10.2. The summed E-state index contributed by atoms with van der Waals surface area (Å²) in [4.78, 5) is 45.7. The minimum absolute atomic E-state index is 0.0230. The first kappa shape index (κ1) is 30.7. The number of amides is 3. The third-order valence-electron chi connectivity index (χ3n) is 7.05. The van der Waals surface area contributed by atoms with Gasteiger partial charge in [0.1, 0.15) is 18.2 Å². The number of halogens is 1. The van der Waals surface area contributed by atoms with Gasteiger partial charge in [0.25, 0.3) is 11.8 Å². The van der Waals surface area contributed by atoms with Crippen LogP contribution < -0.4 is 20.1 Å². The van der Waals surface area contributed by atoms with E-state index >= 15 is 0 Å². The highest BCUT2D eigenvalue weighted by Crippen LogP contribution is 2.28. The molecule has 1 aromatic heterocycles. The maximum atomic E-state index is 14.2. The van der Waals surface area contributed by atoms with Gasteiger partial charge in [-0.25, -0.2) is 14.1 Å². The Hall–Kier alpha value is -5.77. The lowest BCUT2D eigenvalue weighted by Gasteiger charge is -2.24. The van der Waals surface area contributed by atoms with E-state index in [4.69, 9.17) is 14.5 Å². The van der Waals surface area contributed by atoms with Crippen LogP contribution in [0, 0.1) is 17.1 Å². The first-order valence-corrected chi connectivity index (χ1v) is 14.1. The SMILES string of the molecule is COc1ccc2cc1OCCn1nc(-c3ccccc3)nc1[C@@H](C)NC(=O)CN(C(=O)c1cc(F)cc(C#N)c1)CCNC2=O. The Bertz CT molecular complexity index is 1770. The molecule has 0 saturated carbocycles. The molecule has 0 unspecified atom stereocenters. The molecule has 4 aromatic rings. The Balaban J connectivity index is 1.49. The van der Waals surface area contributed by atoms with Crippen LogP contribution in [0.4, 0.5) is 4.39 Å². The number of nitrogens with one attached hydrogen (secondary N) is 2. The summed E-state index contributed by atoms with van der Waals surface area (Å²) in [5.41, 5.74) is 0.925. The molecule has 45 heavy (non-hydrogen) atoms. The van der Waals surface area contributed by atoms with Crippen molar-refractivity contribution in [2.45, 2.75) is 19.5 Å². The van der Waals surface area contributed by atoms with E-state index in [-0.39, 0.29) is 42.9 Å². The number of aromatic nitrogens is 3. The summed E-state index contributed by atoms with van der Waals surface area (Å²) in [7, 11) is 1.49. The molecule has 0 fully saturated rings. The second kappa shape index (κ2) is 13.7. The number of benzene rings is 3. The lowest BCUT2D eigenvalue weighted by atomic mass is 10.1. The molecule has 2 heterocycles. The minimum Gasteiger partial charge on any atom is -0.493 e. The number of ether oxygens (including phenoxy) is 2. The van der Waals surface area contributed by atoms with Crippen LogP contribution in [0.5, 0.6) is 11.5 Å². The minimum atomic E-state index is -0.764. The van der Waals surface area contributed by atoms with Gasteiger partial charge >= 0.3 is 0 Å². The molecule has 1 aliphatic heterocycles. The first-order chi connectivity index (χ1) is 21.7. The number of hydrogen-bond acceptors (Lipinski definition) is 8. The van der Waals surface area contributed by atoms with Crippen molar-refractivity contribution in [3.63, 3.8) is 0 Å². The number of nitrogens with zero attached hydrogens (tertiary/aromatic N) is 5. The topological polar surface area (TPSA) is 151 Å². The molecule has 13 heteroatoms. The zero-order valence-corrected chi connectivity index (χ0v) is 24.6. The van der Waals surface area contributed by atoms with E-state index in [1.54, 1.807) is 29.8 Å². The highest BCUT2D eigenvalue weighted by molar-refractivity contribution is 5.97. The number of fused-ring (bicyclic) bond motifs is 3. The molecule has 5 rings (SSSR count). The van der Waals surface area contributed by atoms with E-state index in [0.29, 0.717) is 23.1 Å². The van der Waals surface area contributed by atoms with E-state index in [1.165, 1.54) is 18.1 Å². The van der Waals surface area contributed by atoms with Crippen molar-refractivity contribution >= 4 is 17.7 Å². The van der Waals surface area contributed by atoms with E-state index in [2.05, 4.69) is 15.7 Å². The average Bonchev–Trinajstić information content (AvgIpc) is 3.48. The Morgan fingerprint density at radius 1 is 1.09 bits per heavy atom. The van der Waals surface area contributed by atoms with Gasteiger partial charge in [-0.15, -0.1) is 0 Å². The number of hydrogen-bond donors (Lipinski definition) is 2. The molecule has 1 atom stereocenters. The van der Waals surface area contributed by atoms with Gasteiger partial charge in [0.2, 0.25) is 5.91 Å². The molecule has 3 aromatic carbocycles. The molecule has 2 N–H and O–H groups in total. The Kier molecular flexibility index (Phi) is 9.33. The zero-order valence-electron chi connectivity index (χ0n) is 24.6. The molecule has 0 saturated heterocycles. The van der Waals surface area contributed by atoms with Gasteiger partial charge in [-0.3, -0.25) is 14.4 Å². The summed E-state index contributed by atoms with van der Waals surface area (Å²) in [6, 6.07) is 18.6. The maximum absolute atomic E-state index is 14.2. The van der Waals surface area contributed by atoms with Crippen LogP contribution in [0.25, 0.3) is 11.4 Å². The summed E-state index contributed by atoms with van der Waals surface area (Å²) in [6.07, 6.45) is 0. The van der Waals surface area contributed by atoms with Gasteiger partial charge in [0, 0.05) is 29.8 Å². The van der Waals surface area contributed by atoms with Gasteiger partial charge in [-0.1, -0.05) is 30.3 Å². The van der Waals surface area contributed by atoms with Crippen molar-refractivity contribution < 1.29 is 28.2 Å². The fourth-order valence-corrected chi connectivity index (χ4v) is 4.87. The molecule has 0 spiro atoms. The maximum Gasteiger partial charge on any atom is 0.254 e. The molecule has 0 radical (unpaired) electrons. The Labute approximate surface area is 258 Å². The van der Waals surface area contributed by atoms with E-state index in [1.807, 2.05) is 36.4 Å². The summed E-state index contributed by atoms with van der Waals surface area (Å²) in [5.74, 6) is -0.735. The number of carbonyl (C=O) groups excluding carboxylic acids is 3. The van der Waals surface area contributed by atoms with Crippen LogP contribution in [-0.2, 0) is 11.3 Å². The predicted octanol–water partition coefficient (Wildman–Crippen LogP) is 3.11. The van der Waals surface area contributed by atoms with E-state index in [0.717, 1.165) is 17.7 Å². The number of nitriles is 1. The second-order valence-electron chi connectivity index (χ2n) is 10.2. The van der Waals surface area contributed by atoms with E-state index < -0.39 is 36.1 Å². The normalized spacial score (nSPS) is 15.9. The van der Waals surface area contributed by atoms with Gasteiger partial charge in [-0.05, 0) is 43.3 Å². The highest BCUT2D eigenvalue weighted by atomic mass is 19.1. The van der Waals surface area contributed by atoms with Crippen molar-refractivity contribution in [1.29, 1.82) is 5.26 Å². The quantitative estimate of drug-likeness (QED) is 0.359. The first-order valence-electron chi connectivity index (χ1n) is 14.1. The molecular weight excluding hydrogens is 581 g/mol. The van der Waals surface area contributed by atoms with Crippen molar-refractivity contribution in [2.24, 2.45) is 0 Å². The van der Waals surface area contributed by atoms with Gasteiger partial charge < -0.3 is 25.0 Å². The Morgan fingerprint density at radius 2 is 1.89 bits per heavy atom. The van der Waals surface area contributed by atoms with Crippen LogP contribution in [-0.4, -0.2) is 70.7 Å². The van der Waals surface area contributed by atoms with Crippen LogP contribution in [0.15, 0.2) is 66.7 Å². The molecule has 0 aliphatic carbocycles. The van der Waals surface area contributed by atoms with Crippen molar-refractivity contribution in [3.8, 4) is 29.0 Å². The molecule has 1 aliphatic rings. The summed E-state index contributed by atoms with van der Waals surface area (Å²) in [5, 5.41) is 19.5. The lowest BCUT2D eigenvalue weighted by Crippen LogP contribution is -2.45. The van der Waals surface area contributed by atoms with Crippen LogP contribution in [0.3, 0.4) is 0 Å². The van der Waals surface area contributed by atoms with Crippen molar-refractivity contribution in [2.75, 3.05) is 33.4 Å². The lowest BCUT2D eigenvalue weighted by molar-refractivity contribution is -0.122. The zero-order chi connectivity index (χ0) is 31.9. The van der Waals surface area contributed by atoms with Crippen LogP contribution in [0.1, 0.15) is 45.1 Å². The molecular formula is C32H30FN7O5. The molecule has 230 valence electrons. The highest BCUT2D eigenvalue weighted by Gasteiger charge is 2.24. The van der Waals surface area contributed by atoms with Gasteiger partial charge in [-0.2, -0.15) is 10.4 Å². The predicted molar refractivity (Wildman–Crippen MR) is 160 cm³/mol. The largest absolute Gasteiger partial charge is 0.493 e. The van der Waals surface area contributed by atoms with Crippen molar-refractivity contribution in [1.82, 2.24) is 30.3 Å². The van der Waals surface area contributed by atoms with Crippen LogP contribution >= 0.6 is 0 Å². The summed E-state index contributed by atoms with van der Waals surface area (Å²) in [6.45, 7) is 1.62. The monoisotopic (exact) mass is 611 g/mol. The summed E-state index contributed by atoms with van der Waals surface area (Å²) < 4.78 is 27.3. The van der Waals surface area contributed by atoms with Crippen LogP contribution in [0.2, 0.25) is 0 Å². The number of carbonyl (C=O) groups is 3. The fourth-order valence-electron chi connectivity index (χ4n) is 4.87. The third kappa shape index (κ3) is 7.24. The van der Waals surface area contributed by atoms with Crippen molar-refractivity contribution in [3.05, 3.63) is 95.1 Å². The summed E-state index contributed by atoms with van der Waals surface area (Å²) >= 11 is 0. The molecule has 3 amide bonds. The fraction of sp³-hybridized carbons (Fsp3) is 0.250. The van der Waals surface area contributed by atoms with Gasteiger partial charge in [0.05, 0.1) is 37.9 Å². The smallest absolute Gasteiger partial charge is 0.254 e. The van der Waals surface area contributed by atoms with Gasteiger partial charge in [0.15, 0.2) is 17.3 Å². The molecule has 12 nitrogen and oxygen atoms in total. The molecule has 2 bridgehead atoms. The third-order valence-corrected chi connectivity index (χ3v) is 7.05. The standard InChI is InChI=1S/C32H30FN7O5/c1-20-30-37-29(22-6-4-3-5-7-22)38-40(30)12-13-45-27-17-23(8-9-26(27)44-2)31(42)35-10-11-39(19-28(41)36-20)32(43)24-14-21(18-34)15-25(33)16-24/h3-9,14-17,20H,10-13,19H2,1-2H3,(H,35,42)(H,36,41)/t20-/m1/s1. The van der Waals surface area contributed by atoms with E-state index in [9.17, 15) is 24.0 Å². The number of methoxy groups -OCH3 is 1. The Morgan fingerprint density at radius 3 is 2.64 bits per heavy atom.